The molecule has 2 N–H and O–H groups in total. The van der Waals surface area contributed by atoms with Crippen LogP contribution in [0.15, 0.2) is 77.4 Å². The first-order valence-corrected chi connectivity index (χ1v) is 10.7. The third kappa shape index (κ3) is 5.16. The molecule has 0 saturated carbocycles. The third-order valence-electron chi connectivity index (χ3n) is 4.62. The number of anilines is 1. The van der Waals surface area contributed by atoms with Crippen LogP contribution >= 0.6 is 11.3 Å². The molecule has 0 bridgehead atoms. The summed E-state index contributed by atoms with van der Waals surface area (Å²) in [7, 11) is 1.24. The van der Waals surface area contributed by atoms with Crippen LogP contribution in [0.2, 0.25) is 0 Å². The van der Waals surface area contributed by atoms with Crippen molar-refractivity contribution >= 4 is 34.8 Å². The number of nitrogens with one attached hydrogen (secondary N) is 2. The van der Waals surface area contributed by atoms with Crippen LogP contribution in [0.25, 0.3) is 22.0 Å². The van der Waals surface area contributed by atoms with Gasteiger partial charge in [-0.15, -0.1) is 11.3 Å². The monoisotopic (exact) mass is 461 g/mol. The van der Waals surface area contributed by atoms with E-state index in [-0.39, 0.29) is 12.5 Å². The predicted molar refractivity (Wildman–Crippen MR) is 124 cm³/mol. The predicted octanol–water partition coefficient (Wildman–Crippen LogP) is 4.23. The van der Waals surface area contributed by atoms with Gasteiger partial charge in [-0.25, -0.2) is 4.98 Å². The molecule has 0 aliphatic rings. The summed E-state index contributed by atoms with van der Waals surface area (Å²) in [6, 6.07) is 19.4. The summed E-state index contributed by atoms with van der Waals surface area (Å²) < 4.78 is 9.97. The zero-order valence-electron chi connectivity index (χ0n) is 17.5. The number of amides is 2. The Hall–Kier alpha value is -4.24. The van der Waals surface area contributed by atoms with Gasteiger partial charge in [0.2, 0.25) is 0 Å². The molecule has 2 aromatic heterocycles. The lowest BCUT2D eigenvalue weighted by atomic mass is 10.1. The second kappa shape index (κ2) is 9.92. The number of hydrogen-bond donors (Lipinski definition) is 2. The first-order chi connectivity index (χ1) is 16.0. The van der Waals surface area contributed by atoms with Crippen molar-refractivity contribution < 1.29 is 23.5 Å². The maximum absolute atomic E-state index is 13.2. The molecule has 166 valence electrons. The van der Waals surface area contributed by atoms with Crippen molar-refractivity contribution in [2.45, 2.75) is 0 Å². The molecule has 0 unspecified atom stereocenters. The van der Waals surface area contributed by atoms with Crippen molar-refractivity contribution in [1.82, 2.24) is 10.3 Å². The zero-order chi connectivity index (χ0) is 23.2. The number of aromatic nitrogens is 1. The van der Waals surface area contributed by atoms with Crippen molar-refractivity contribution in [3.63, 3.8) is 0 Å². The Morgan fingerprint density at radius 1 is 1.00 bits per heavy atom. The Kier molecular flexibility index (Phi) is 6.61. The molecule has 0 aliphatic carbocycles. The van der Waals surface area contributed by atoms with Gasteiger partial charge in [0.1, 0.15) is 11.4 Å². The fourth-order valence-electron chi connectivity index (χ4n) is 3.02. The van der Waals surface area contributed by atoms with Crippen LogP contribution in [-0.2, 0) is 9.53 Å². The second-order valence-corrected chi connectivity index (χ2v) is 7.83. The Morgan fingerprint density at radius 2 is 1.82 bits per heavy atom. The van der Waals surface area contributed by atoms with Gasteiger partial charge in [-0.2, -0.15) is 0 Å². The SMILES string of the molecule is COC(=O)CNC(=O)c1cccc(NC(=O)c2sc(-c3ccco3)nc2-c2ccccc2)c1. The van der Waals surface area contributed by atoms with Crippen LogP contribution in [0.1, 0.15) is 20.0 Å². The highest BCUT2D eigenvalue weighted by Gasteiger charge is 2.21. The lowest BCUT2D eigenvalue weighted by Crippen LogP contribution is -2.30. The number of carbonyl (C=O) groups excluding carboxylic acids is 3. The van der Waals surface area contributed by atoms with Crippen molar-refractivity contribution in [3.05, 3.63) is 83.4 Å². The molecule has 4 aromatic rings. The molecule has 2 heterocycles. The second-order valence-electron chi connectivity index (χ2n) is 6.83. The molecule has 0 spiro atoms. The molecule has 0 saturated heterocycles. The third-order valence-corrected chi connectivity index (χ3v) is 5.68. The Balaban J connectivity index is 1.59. The van der Waals surface area contributed by atoms with Gasteiger partial charge in [-0.05, 0) is 30.3 Å². The number of esters is 1. The van der Waals surface area contributed by atoms with Gasteiger partial charge < -0.3 is 19.8 Å². The van der Waals surface area contributed by atoms with E-state index in [1.807, 2.05) is 30.3 Å². The average molecular weight is 461 g/mol. The molecule has 8 nitrogen and oxygen atoms in total. The number of hydrogen-bond acceptors (Lipinski definition) is 7. The van der Waals surface area contributed by atoms with E-state index in [1.165, 1.54) is 24.5 Å². The summed E-state index contributed by atoms with van der Waals surface area (Å²) in [4.78, 5) is 41.8. The van der Waals surface area contributed by atoms with Crippen molar-refractivity contribution in [1.29, 1.82) is 0 Å². The summed E-state index contributed by atoms with van der Waals surface area (Å²) in [6.07, 6.45) is 1.55. The molecule has 33 heavy (non-hydrogen) atoms. The molecule has 9 heteroatoms. The lowest BCUT2D eigenvalue weighted by Gasteiger charge is -2.08. The van der Waals surface area contributed by atoms with Gasteiger partial charge >= 0.3 is 5.97 Å². The van der Waals surface area contributed by atoms with Crippen LogP contribution in [0.5, 0.6) is 0 Å². The lowest BCUT2D eigenvalue weighted by molar-refractivity contribution is -0.139. The standard InChI is InChI=1S/C24H19N3O5S/c1-31-19(28)14-25-22(29)16-9-5-10-17(13-16)26-23(30)21-20(15-7-3-2-4-8-15)27-24(33-21)18-11-6-12-32-18/h2-13H,14H2,1H3,(H,25,29)(H,26,30). The maximum atomic E-state index is 13.2. The van der Waals surface area contributed by atoms with Gasteiger partial charge in [0.25, 0.3) is 11.8 Å². The summed E-state index contributed by atoms with van der Waals surface area (Å²) in [5.41, 5.74) is 2.06. The van der Waals surface area contributed by atoms with E-state index in [4.69, 9.17) is 4.42 Å². The minimum absolute atomic E-state index is 0.247. The maximum Gasteiger partial charge on any atom is 0.325 e. The number of furan rings is 1. The Labute approximate surface area is 193 Å². The van der Waals surface area contributed by atoms with Crippen molar-refractivity contribution in [2.24, 2.45) is 0 Å². The van der Waals surface area contributed by atoms with E-state index in [1.54, 1.807) is 36.6 Å². The fraction of sp³-hybridized carbons (Fsp3) is 0.0833. The average Bonchev–Trinajstić information content (AvgIpc) is 3.53. The largest absolute Gasteiger partial charge is 0.468 e. The summed E-state index contributed by atoms with van der Waals surface area (Å²) in [5, 5.41) is 5.88. The highest BCUT2D eigenvalue weighted by atomic mass is 32.1. The highest BCUT2D eigenvalue weighted by Crippen LogP contribution is 2.34. The van der Waals surface area contributed by atoms with Crippen LogP contribution in [0, 0.1) is 0 Å². The molecule has 4 rings (SSSR count). The smallest absolute Gasteiger partial charge is 0.325 e. The molecule has 0 radical (unpaired) electrons. The van der Waals surface area contributed by atoms with Crippen LogP contribution in [0.4, 0.5) is 5.69 Å². The molecule has 0 atom stereocenters. The molecule has 0 aliphatic heterocycles. The highest BCUT2D eigenvalue weighted by molar-refractivity contribution is 7.17. The summed E-state index contributed by atoms with van der Waals surface area (Å²) in [6.45, 7) is -0.247. The first kappa shape index (κ1) is 22.0. The van der Waals surface area contributed by atoms with E-state index < -0.39 is 11.9 Å². The van der Waals surface area contributed by atoms with Crippen LogP contribution in [-0.4, -0.2) is 36.4 Å². The van der Waals surface area contributed by atoms with E-state index in [0.717, 1.165) is 5.56 Å². The number of ether oxygens (including phenoxy) is 1. The van der Waals surface area contributed by atoms with Gasteiger partial charge in [0.15, 0.2) is 10.8 Å². The van der Waals surface area contributed by atoms with Crippen molar-refractivity contribution in [3.8, 4) is 22.0 Å². The molecular weight excluding hydrogens is 442 g/mol. The van der Waals surface area contributed by atoms with Gasteiger partial charge in [-0.1, -0.05) is 36.4 Å². The number of nitrogens with zero attached hydrogens (tertiary/aromatic N) is 1. The number of thiazole rings is 1. The fourth-order valence-corrected chi connectivity index (χ4v) is 3.97. The van der Waals surface area contributed by atoms with Crippen LogP contribution < -0.4 is 10.6 Å². The number of rotatable bonds is 7. The summed E-state index contributed by atoms with van der Waals surface area (Å²) in [5.74, 6) is -0.810. The van der Waals surface area contributed by atoms with Gasteiger partial charge in [0, 0.05) is 16.8 Å². The number of carbonyl (C=O) groups is 3. The van der Waals surface area contributed by atoms with E-state index in [9.17, 15) is 14.4 Å². The first-order valence-electron chi connectivity index (χ1n) is 9.91. The minimum atomic E-state index is -0.557. The van der Waals surface area contributed by atoms with E-state index in [2.05, 4.69) is 20.4 Å². The quantitative estimate of drug-likeness (QED) is 0.399. The van der Waals surface area contributed by atoms with Crippen LogP contribution in [0.3, 0.4) is 0 Å². The van der Waals surface area contributed by atoms with Gasteiger partial charge in [-0.3, -0.25) is 14.4 Å². The Bertz CT molecular complexity index is 1280. The normalized spacial score (nSPS) is 10.5. The Morgan fingerprint density at radius 3 is 2.55 bits per heavy atom. The zero-order valence-corrected chi connectivity index (χ0v) is 18.3. The minimum Gasteiger partial charge on any atom is -0.468 e. The van der Waals surface area contributed by atoms with E-state index >= 15 is 0 Å². The molecule has 0 fully saturated rings. The number of benzene rings is 2. The molecule has 2 amide bonds. The van der Waals surface area contributed by atoms with Crippen molar-refractivity contribution in [2.75, 3.05) is 19.0 Å². The van der Waals surface area contributed by atoms with E-state index in [0.29, 0.717) is 32.6 Å². The molecular formula is C24H19N3O5S. The summed E-state index contributed by atoms with van der Waals surface area (Å²) >= 11 is 1.22. The topological polar surface area (TPSA) is 111 Å². The number of methoxy groups -OCH3 is 1. The molecule has 2 aromatic carbocycles. The van der Waals surface area contributed by atoms with Gasteiger partial charge in [0.05, 0.1) is 19.1 Å².